The molecule has 0 saturated carbocycles. The van der Waals surface area contributed by atoms with Crippen LogP contribution in [0.4, 0.5) is 5.69 Å². The maximum Gasteiger partial charge on any atom is 0.220 e. The van der Waals surface area contributed by atoms with Gasteiger partial charge in [0.25, 0.3) is 0 Å². The van der Waals surface area contributed by atoms with Crippen molar-refractivity contribution in [3.8, 4) is 5.75 Å². The number of carbonyl (C=O) groups is 1. The molecule has 0 unspecified atom stereocenters. The summed E-state index contributed by atoms with van der Waals surface area (Å²) in [7, 11) is 0. The van der Waals surface area contributed by atoms with E-state index in [1.165, 1.54) is 5.56 Å². The number of hydrogen-bond acceptors (Lipinski definition) is 3. The van der Waals surface area contributed by atoms with Gasteiger partial charge in [0.1, 0.15) is 5.75 Å². The Morgan fingerprint density at radius 3 is 2.54 bits per heavy atom. The molecule has 24 heavy (non-hydrogen) atoms. The lowest BCUT2D eigenvalue weighted by Gasteiger charge is -2.08. The van der Waals surface area contributed by atoms with Gasteiger partial charge in [0.2, 0.25) is 5.91 Å². The van der Waals surface area contributed by atoms with Crippen LogP contribution in [0.3, 0.4) is 0 Å². The summed E-state index contributed by atoms with van der Waals surface area (Å²) in [6, 6.07) is 15.6. The first-order valence-corrected chi connectivity index (χ1v) is 7.94. The molecule has 0 saturated heterocycles. The molecular weight excluding hydrogens is 324 g/mol. The van der Waals surface area contributed by atoms with Crippen LogP contribution in [0, 0.1) is 6.92 Å². The predicted octanol–water partition coefficient (Wildman–Crippen LogP) is 3.52. The molecule has 0 spiro atoms. The van der Waals surface area contributed by atoms with Gasteiger partial charge in [-0.25, -0.2) is 0 Å². The van der Waals surface area contributed by atoms with Crippen molar-refractivity contribution in [1.82, 2.24) is 5.32 Å². The van der Waals surface area contributed by atoms with E-state index in [2.05, 4.69) is 5.32 Å². The second-order valence-electron chi connectivity index (χ2n) is 5.56. The van der Waals surface area contributed by atoms with Crippen LogP contribution < -0.4 is 15.8 Å². The zero-order chi connectivity index (χ0) is 16.5. The number of aryl methyl sites for hydroxylation is 2. The number of hydrogen-bond donors (Lipinski definition) is 2. The van der Waals surface area contributed by atoms with Crippen LogP contribution in [0.5, 0.6) is 5.75 Å². The number of benzene rings is 2. The second kappa shape index (κ2) is 10.6. The highest BCUT2D eigenvalue weighted by molar-refractivity contribution is 5.85. The molecule has 2 aromatic carbocycles. The Bertz CT molecular complexity index is 630. The second-order valence-corrected chi connectivity index (χ2v) is 5.56. The first-order chi connectivity index (χ1) is 11.1. The van der Waals surface area contributed by atoms with Crippen molar-refractivity contribution in [3.63, 3.8) is 0 Å². The van der Waals surface area contributed by atoms with Gasteiger partial charge in [0.15, 0.2) is 0 Å². The summed E-state index contributed by atoms with van der Waals surface area (Å²) in [4.78, 5) is 11.8. The van der Waals surface area contributed by atoms with Crippen molar-refractivity contribution in [3.05, 3.63) is 59.7 Å². The third-order valence-electron chi connectivity index (χ3n) is 3.61. The number of carbonyl (C=O) groups excluding carboxylic acids is 1. The number of nitrogens with two attached hydrogens (primary N) is 1. The molecule has 2 rings (SSSR count). The van der Waals surface area contributed by atoms with Crippen molar-refractivity contribution < 1.29 is 9.53 Å². The van der Waals surface area contributed by atoms with Gasteiger partial charge in [-0.3, -0.25) is 4.79 Å². The SMILES string of the molecule is Cc1ccc(OCCCNC(=O)CCc2ccccc2N)cc1.Cl. The lowest BCUT2D eigenvalue weighted by molar-refractivity contribution is -0.121. The van der Waals surface area contributed by atoms with Crippen LogP contribution in [0.15, 0.2) is 48.5 Å². The van der Waals surface area contributed by atoms with Gasteiger partial charge in [0.05, 0.1) is 6.61 Å². The average molecular weight is 349 g/mol. The lowest BCUT2D eigenvalue weighted by atomic mass is 10.1. The van der Waals surface area contributed by atoms with E-state index in [0.717, 1.165) is 23.4 Å². The molecule has 0 heterocycles. The Balaban J connectivity index is 0.00000288. The third kappa shape index (κ3) is 6.92. The molecule has 2 aromatic rings. The van der Waals surface area contributed by atoms with E-state index < -0.39 is 0 Å². The maximum atomic E-state index is 11.8. The molecule has 0 aliphatic carbocycles. The highest BCUT2D eigenvalue weighted by atomic mass is 35.5. The molecule has 0 bridgehead atoms. The number of ether oxygens (including phenoxy) is 1. The number of amides is 1. The molecule has 3 N–H and O–H groups in total. The fraction of sp³-hybridized carbons (Fsp3) is 0.316. The predicted molar refractivity (Wildman–Crippen MR) is 101 cm³/mol. The Kier molecular flexibility index (Phi) is 8.72. The number of para-hydroxylation sites is 1. The molecule has 0 aliphatic heterocycles. The summed E-state index contributed by atoms with van der Waals surface area (Å²) in [6.07, 6.45) is 1.90. The fourth-order valence-electron chi connectivity index (χ4n) is 2.22. The van der Waals surface area contributed by atoms with Crippen LogP contribution >= 0.6 is 12.4 Å². The highest BCUT2D eigenvalue weighted by Gasteiger charge is 2.04. The Labute approximate surface area is 149 Å². The molecule has 0 aromatic heterocycles. The van der Waals surface area contributed by atoms with Crippen molar-refractivity contribution in [1.29, 1.82) is 0 Å². The minimum absolute atomic E-state index is 0. The number of nitrogen functional groups attached to an aromatic ring is 1. The monoisotopic (exact) mass is 348 g/mol. The molecule has 1 amide bonds. The van der Waals surface area contributed by atoms with Gasteiger partial charge in [-0.1, -0.05) is 35.9 Å². The van der Waals surface area contributed by atoms with Gasteiger partial charge in [-0.05, 0) is 43.5 Å². The van der Waals surface area contributed by atoms with Crippen LogP contribution in [-0.2, 0) is 11.2 Å². The summed E-state index contributed by atoms with van der Waals surface area (Å²) in [5, 5.41) is 2.91. The van der Waals surface area contributed by atoms with E-state index in [4.69, 9.17) is 10.5 Å². The number of rotatable bonds is 8. The average Bonchev–Trinajstić information content (AvgIpc) is 2.55. The van der Waals surface area contributed by atoms with Crippen molar-refractivity contribution in [2.24, 2.45) is 0 Å². The van der Waals surface area contributed by atoms with E-state index in [1.807, 2.05) is 55.5 Å². The Morgan fingerprint density at radius 1 is 1.12 bits per heavy atom. The van der Waals surface area contributed by atoms with Crippen LogP contribution in [0.1, 0.15) is 24.0 Å². The summed E-state index contributed by atoms with van der Waals surface area (Å²) in [6.45, 7) is 3.26. The molecule has 0 aliphatic rings. The van der Waals surface area contributed by atoms with Gasteiger partial charge >= 0.3 is 0 Å². The Morgan fingerprint density at radius 2 is 1.83 bits per heavy atom. The van der Waals surface area contributed by atoms with E-state index >= 15 is 0 Å². The minimum Gasteiger partial charge on any atom is -0.494 e. The molecule has 5 heteroatoms. The van der Waals surface area contributed by atoms with E-state index in [-0.39, 0.29) is 18.3 Å². The van der Waals surface area contributed by atoms with Crippen LogP contribution in [0.2, 0.25) is 0 Å². The normalized spacial score (nSPS) is 9.88. The molecule has 0 radical (unpaired) electrons. The number of anilines is 1. The van der Waals surface area contributed by atoms with Gasteiger partial charge < -0.3 is 15.8 Å². The van der Waals surface area contributed by atoms with Crippen LogP contribution in [-0.4, -0.2) is 19.1 Å². The smallest absolute Gasteiger partial charge is 0.220 e. The zero-order valence-corrected chi connectivity index (χ0v) is 14.8. The molecule has 0 atom stereocenters. The zero-order valence-electron chi connectivity index (χ0n) is 14.0. The molecule has 0 fully saturated rings. The van der Waals surface area contributed by atoms with E-state index in [1.54, 1.807) is 0 Å². The van der Waals surface area contributed by atoms with E-state index in [9.17, 15) is 4.79 Å². The lowest BCUT2D eigenvalue weighted by Crippen LogP contribution is -2.25. The standard InChI is InChI=1S/C19H24N2O2.ClH/c1-15-7-10-17(11-8-15)23-14-4-13-21-19(22)12-9-16-5-2-3-6-18(16)20;/h2-3,5-8,10-11H,4,9,12-14,20H2,1H3,(H,21,22);1H. The first kappa shape index (κ1) is 19.8. The fourth-order valence-corrected chi connectivity index (χ4v) is 2.22. The van der Waals surface area contributed by atoms with Crippen molar-refractivity contribution in [2.45, 2.75) is 26.2 Å². The first-order valence-electron chi connectivity index (χ1n) is 7.94. The molecular formula is C19H25ClN2O2. The number of nitrogens with one attached hydrogen (secondary N) is 1. The number of halogens is 1. The van der Waals surface area contributed by atoms with Gasteiger partial charge in [-0.15, -0.1) is 12.4 Å². The van der Waals surface area contributed by atoms with Crippen molar-refractivity contribution in [2.75, 3.05) is 18.9 Å². The van der Waals surface area contributed by atoms with Gasteiger partial charge in [-0.2, -0.15) is 0 Å². The largest absolute Gasteiger partial charge is 0.494 e. The topological polar surface area (TPSA) is 64.3 Å². The summed E-state index contributed by atoms with van der Waals surface area (Å²) in [5.41, 5.74) is 8.84. The minimum atomic E-state index is 0. The maximum absolute atomic E-state index is 11.8. The molecule has 130 valence electrons. The third-order valence-corrected chi connectivity index (χ3v) is 3.61. The highest BCUT2D eigenvalue weighted by Crippen LogP contribution is 2.13. The summed E-state index contributed by atoms with van der Waals surface area (Å²) >= 11 is 0. The van der Waals surface area contributed by atoms with Crippen molar-refractivity contribution >= 4 is 24.0 Å². The van der Waals surface area contributed by atoms with Crippen LogP contribution in [0.25, 0.3) is 0 Å². The summed E-state index contributed by atoms with van der Waals surface area (Å²) in [5.74, 6) is 0.907. The Hall–Kier alpha value is -2.20. The molecule has 4 nitrogen and oxygen atoms in total. The quantitative estimate of drug-likeness (QED) is 0.566. The summed E-state index contributed by atoms with van der Waals surface area (Å²) < 4.78 is 5.62. The van der Waals surface area contributed by atoms with Gasteiger partial charge in [0, 0.05) is 18.7 Å². The van der Waals surface area contributed by atoms with E-state index in [0.29, 0.717) is 26.0 Å².